The van der Waals surface area contributed by atoms with E-state index in [1.54, 1.807) is 0 Å². The van der Waals surface area contributed by atoms with Crippen LogP contribution in [0.25, 0.3) is 0 Å². The van der Waals surface area contributed by atoms with Crippen molar-refractivity contribution in [2.75, 3.05) is 66.6 Å². The second-order valence-electron chi connectivity index (χ2n) is 4.43. The normalized spacial score (nSPS) is 11.6. The third kappa shape index (κ3) is 12.1. The first-order valence-corrected chi connectivity index (χ1v) is 6.42. The summed E-state index contributed by atoms with van der Waals surface area (Å²) in [6.07, 6.45) is 2.12. The van der Waals surface area contributed by atoms with E-state index in [1.165, 1.54) is 0 Å². The first-order valence-electron chi connectivity index (χ1n) is 6.42. The van der Waals surface area contributed by atoms with Gasteiger partial charge in [0.15, 0.2) is 0 Å². The van der Waals surface area contributed by atoms with Gasteiger partial charge in [-0.2, -0.15) is 0 Å². The van der Waals surface area contributed by atoms with E-state index in [9.17, 15) is 0 Å². The topological polar surface area (TPSA) is 61.0 Å². The van der Waals surface area contributed by atoms with Crippen molar-refractivity contribution in [1.82, 2.24) is 15.1 Å². The van der Waals surface area contributed by atoms with E-state index >= 15 is 0 Å². The molecule has 0 unspecified atom stereocenters. The number of rotatable bonds is 12. The van der Waals surface area contributed by atoms with Crippen LogP contribution in [0.1, 0.15) is 12.8 Å². The maximum atomic E-state index is 8.72. The first kappa shape index (κ1) is 16.8. The molecule has 0 saturated carbocycles. The van der Waals surface area contributed by atoms with Crippen LogP contribution >= 0.6 is 0 Å². The molecule has 1 radical (unpaired) electrons. The molecule has 103 valence electrons. The third-order valence-electron chi connectivity index (χ3n) is 2.68. The second-order valence-corrected chi connectivity index (χ2v) is 4.43. The molecule has 0 aliphatic carbocycles. The molecule has 0 aromatic carbocycles. The lowest BCUT2D eigenvalue weighted by atomic mass is 10.3. The zero-order chi connectivity index (χ0) is 12.9. The summed E-state index contributed by atoms with van der Waals surface area (Å²) >= 11 is 0. The van der Waals surface area contributed by atoms with Gasteiger partial charge in [-0.15, -0.1) is 0 Å². The van der Waals surface area contributed by atoms with Crippen LogP contribution in [0.4, 0.5) is 0 Å². The van der Waals surface area contributed by atoms with Crippen LogP contribution in [0, 0.1) is 0 Å². The number of aliphatic hydroxyl groups is 2. The van der Waals surface area contributed by atoms with Crippen molar-refractivity contribution in [3.8, 4) is 0 Å². The van der Waals surface area contributed by atoms with Crippen LogP contribution in [0.3, 0.4) is 0 Å². The van der Waals surface area contributed by atoms with Gasteiger partial charge in [0.05, 0.1) is 13.2 Å². The van der Waals surface area contributed by atoms with Crippen molar-refractivity contribution < 1.29 is 10.2 Å². The van der Waals surface area contributed by atoms with Gasteiger partial charge in [0.1, 0.15) is 0 Å². The molecule has 5 heteroatoms. The Balaban J connectivity index is 3.13. The highest BCUT2D eigenvalue weighted by Gasteiger charge is 1.98. The fourth-order valence-corrected chi connectivity index (χ4v) is 1.58. The highest BCUT2D eigenvalue weighted by molar-refractivity contribution is 4.56. The third-order valence-corrected chi connectivity index (χ3v) is 2.68. The number of aliphatic hydroxyl groups excluding tert-OH is 2. The van der Waals surface area contributed by atoms with Crippen molar-refractivity contribution >= 4 is 0 Å². The van der Waals surface area contributed by atoms with Crippen LogP contribution in [-0.2, 0) is 0 Å². The number of hydrogen-bond acceptors (Lipinski definition) is 4. The summed E-state index contributed by atoms with van der Waals surface area (Å²) in [4.78, 5) is 4.23. The maximum Gasteiger partial charge on any atom is 0.0558 e. The predicted octanol–water partition coefficient (Wildman–Crippen LogP) is -0.781. The van der Waals surface area contributed by atoms with Gasteiger partial charge in [-0.05, 0) is 40.0 Å². The van der Waals surface area contributed by atoms with Gasteiger partial charge in [-0.1, -0.05) is 0 Å². The van der Waals surface area contributed by atoms with Crippen LogP contribution in [-0.4, -0.2) is 86.6 Å². The van der Waals surface area contributed by atoms with E-state index in [0.717, 1.165) is 52.1 Å². The molecule has 0 heterocycles. The Labute approximate surface area is 105 Å². The highest BCUT2D eigenvalue weighted by Crippen LogP contribution is 1.88. The Morgan fingerprint density at radius 1 is 0.765 bits per heavy atom. The smallest absolute Gasteiger partial charge is 0.0558 e. The van der Waals surface area contributed by atoms with Crippen molar-refractivity contribution in [3.63, 3.8) is 0 Å². The number of likely N-dealkylation sites (N-methyl/N-ethyl adjacent to an activating group) is 2. The molecule has 0 saturated heterocycles. The van der Waals surface area contributed by atoms with Gasteiger partial charge in [0, 0.05) is 26.2 Å². The Bertz CT molecular complexity index is 143. The molecule has 0 spiro atoms. The van der Waals surface area contributed by atoms with Crippen molar-refractivity contribution in [3.05, 3.63) is 0 Å². The van der Waals surface area contributed by atoms with Gasteiger partial charge >= 0.3 is 0 Å². The molecule has 5 nitrogen and oxygen atoms in total. The summed E-state index contributed by atoms with van der Waals surface area (Å²) in [6, 6.07) is 0. The zero-order valence-electron chi connectivity index (χ0n) is 11.3. The lowest BCUT2D eigenvalue weighted by molar-refractivity contribution is 0.217. The fourth-order valence-electron chi connectivity index (χ4n) is 1.58. The molecule has 0 fully saturated rings. The van der Waals surface area contributed by atoms with Crippen LogP contribution < -0.4 is 5.32 Å². The molecule has 2 N–H and O–H groups in total. The minimum atomic E-state index is 0.227. The summed E-state index contributed by atoms with van der Waals surface area (Å²) in [6.45, 7) is 5.73. The largest absolute Gasteiger partial charge is 0.395 e. The number of nitrogens with zero attached hydrogens (tertiary/aromatic N) is 3. The Hall–Kier alpha value is -0.200. The SMILES string of the molecule is CN(CCO)CCC[N]CCCN(C)CCO. The van der Waals surface area contributed by atoms with Gasteiger partial charge in [0.25, 0.3) is 0 Å². The zero-order valence-corrected chi connectivity index (χ0v) is 11.3. The Kier molecular flexibility index (Phi) is 12.1. The summed E-state index contributed by atoms with van der Waals surface area (Å²) in [5.41, 5.74) is 0. The van der Waals surface area contributed by atoms with Gasteiger partial charge < -0.3 is 20.0 Å². The molecule has 0 aliphatic rings. The molecule has 0 amide bonds. The maximum absolute atomic E-state index is 8.72. The minimum absolute atomic E-state index is 0.227. The minimum Gasteiger partial charge on any atom is -0.395 e. The molecule has 0 rings (SSSR count). The average Bonchev–Trinajstić information content (AvgIpc) is 2.28. The van der Waals surface area contributed by atoms with E-state index in [2.05, 4.69) is 15.1 Å². The van der Waals surface area contributed by atoms with E-state index in [4.69, 9.17) is 10.2 Å². The fraction of sp³-hybridized carbons (Fsp3) is 1.00. The van der Waals surface area contributed by atoms with Crippen LogP contribution in [0.15, 0.2) is 0 Å². The van der Waals surface area contributed by atoms with Gasteiger partial charge in [0.2, 0.25) is 0 Å². The predicted molar refractivity (Wildman–Crippen MR) is 70.3 cm³/mol. The molecule has 0 aromatic heterocycles. The summed E-state index contributed by atoms with van der Waals surface area (Å²) in [7, 11) is 4.03. The Morgan fingerprint density at radius 3 is 1.53 bits per heavy atom. The first-order chi connectivity index (χ1) is 8.20. The molecule has 0 atom stereocenters. The molecule has 0 aromatic rings. The molecular weight excluding hydrogens is 218 g/mol. The van der Waals surface area contributed by atoms with E-state index in [-0.39, 0.29) is 13.2 Å². The lowest BCUT2D eigenvalue weighted by Crippen LogP contribution is -2.26. The van der Waals surface area contributed by atoms with Crippen molar-refractivity contribution in [2.24, 2.45) is 0 Å². The van der Waals surface area contributed by atoms with E-state index in [1.807, 2.05) is 14.1 Å². The lowest BCUT2D eigenvalue weighted by Gasteiger charge is -2.15. The second kappa shape index (κ2) is 12.3. The quantitative estimate of drug-likeness (QED) is 0.444. The van der Waals surface area contributed by atoms with E-state index < -0.39 is 0 Å². The van der Waals surface area contributed by atoms with Crippen molar-refractivity contribution in [1.29, 1.82) is 0 Å². The average molecular weight is 246 g/mol. The summed E-state index contributed by atoms with van der Waals surface area (Å²) in [5.74, 6) is 0. The molecule has 17 heavy (non-hydrogen) atoms. The summed E-state index contributed by atoms with van der Waals surface area (Å²) in [5, 5.41) is 21.9. The standard InChI is InChI=1S/C12H28N3O2/c1-14(9-11-16)7-3-5-13-6-4-8-15(2)10-12-17/h16-17H,3-12H2,1-2H3. The van der Waals surface area contributed by atoms with Crippen molar-refractivity contribution in [2.45, 2.75) is 12.8 Å². The molecule has 0 aliphatic heterocycles. The van der Waals surface area contributed by atoms with Crippen LogP contribution in [0.2, 0.25) is 0 Å². The van der Waals surface area contributed by atoms with E-state index in [0.29, 0.717) is 0 Å². The van der Waals surface area contributed by atoms with Gasteiger partial charge in [-0.3, -0.25) is 0 Å². The van der Waals surface area contributed by atoms with Gasteiger partial charge in [-0.25, -0.2) is 5.32 Å². The molecular formula is C12H28N3O2. The highest BCUT2D eigenvalue weighted by atomic mass is 16.3. The van der Waals surface area contributed by atoms with Crippen LogP contribution in [0.5, 0.6) is 0 Å². The number of hydrogen-bond donors (Lipinski definition) is 2. The Morgan fingerprint density at radius 2 is 1.18 bits per heavy atom. The summed E-state index contributed by atoms with van der Waals surface area (Å²) < 4.78 is 0. The monoisotopic (exact) mass is 246 g/mol. The molecule has 0 bridgehead atoms.